The fourth-order valence-corrected chi connectivity index (χ4v) is 4.62. The largest absolute Gasteiger partial charge is 0.495 e. The lowest BCUT2D eigenvalue weighted by Gasteiger charge is -2.23. The van der Waals surface area contributed by atoms with Gasteiger partial charge in [0.25, 0.3) is 0 Å². The van der Waals surface area contributed by atoms with Gasteiger partial charge < -0.3 is 13.9 Å². The third kappa shape index (κ3) is 4.09. The van der Waals surface area contributed by atoms with Gasteiger partial charge >= 0.3 is 0 Å². The Labute approximate surface area is 210 Å². The molecule has 0 radical (unpaired) electrons. The molecular formula is C26H21ClF3N5O. The van der Waals surface area contributed by atoms with Crippen LogP contribution in [0.1, 0.15) is 30.6 Å². The van der Waals surface area contributed by atoms with Crippen molar-refractivity contribution in [2.45, 2.75) is 26.3 Å². The van der Waals surface area contributed by atoms with Crippen LogP contribution in [0.5, 0.6) is 5.75 Å². The van der Waals surface area contributed by atoms with Crippen LogP contribution in [0.15, 0.2) is 55.1 Å². The molecule has 5 rings (SSSR count). The van der Waals surface area contributed by atoms with Crippen LogP contribution < -0.4 is 4.74 Å². The maximum absolute atomic E-state index is 14.0. The van der Waals surface area contributed by atoms with E-state index in [1.165, 1.54) is 0 Å². The number of methoxy groups -OCH3 is 1. The van der Waals surface area contributed by atoms with Crippen molar-refractivity contribution < 1.29 is 17.9 Å². The lowest BCUT2D eigenvalue weighted by atomic mass is 10.0. The van der Waals surface area contributed by atoms with Crippen molar-refractivity contribution in [2.75, 3.05) is 7.11 Å². The molecule has 1 aromatic heterocycles. The van der Waals surface area contributed by atoms with Crippen molar-refractivity contribution in [3.05, 3.63) is 88.9 Å². The number of nitrogens with zero attached hydrogens (tertiary/aromatic N) is 5. The van der Waals surface area contributed by atoms with Crippen LogP contribution in [0.4, 0.5) is 13.2 Å². The molecule has 0 amide bonds. The molecule has 2 aliphatic heterocycles. The van der Waals surface area contributed by atoms with Gasteiger partial charge in [-0.05, 0) is 49.2 Å². The summed E-state index contributed by atoms with van der Waals surface area (Å²) in [6.45, 7) is 3.75. The van der Waals surface area contributed by atoms with Gasteiger partial charge in [-0.1, -0.05) is 24.6 Å². The molecule has 0 saturated carbocycles. The Morgan fingerprint density at radius 2 is 1.78 bits per heavy atom. The first-order valence-corrected chi connectivity index (χ1v) is 11.6. The van der Waals surface area contributed by atoms with E-state index < -0.39 is 23.5 Å². The highest BCUT2D eigenvalue weighted by Crippen LogP contribution is 2.39. The fraction of sp³-hybridized carbons (Fsp3) is 0.192. The van der Waals surface area contributed by atoms with Gasteiger partial charge in [0.2, 0.25) is 0 Å². The third-order valence-electron chi connectivity index (χ3n) is 6.09. The standard InChI is InChI=1S/C26H21ClF3N5O/c1-4-21(16-7-19(28)24(30)20(29)8-16)35-12-17(27)10-18-25(32-33-26(18)35)15-5-6-22(23(9-15)36-3)34-11-14(2)31-13-34/h5-13,21H,4H2,1-3H3. The highest BCUT2D eigenvalue weighted by Gasteiger charge is 2.25. The predicted molar refractivity (Wildman–Crippen MR) is 130 cm³/mol. The van der Waals surface area contributed by atoms with E-state index in [2.05, 4.69) is 15.2 Å². The Bertz CT molecular complexity index is 1520. The van der Waals surface area contributed by atoms with E-state index in [1.807, 2.05) is 42.8 Å². The number of benzene rings is 2. The second kappa shape index (κ2) is 9.31. The first-order chi connectivity index (χ1) is 17.3. The van der Waals surface area contributed by atoms with Crippen molar-refractivity contribution in [3.63, 3.8) is 0 Å². The van der Waals surface area contributed by atoms with Gasteiger partial charge in [0.05, 0.1) is 35.9 Å². The van der Waals surface area contributed by atoms with Crippen LogP contribution in [0.3, 0.4) is 0 Å². The zero-order valence-electron chi connectivity index (χ0n) is 19.6. The van der Waals surface area contributed by atoms with E-state index in [0.29, 0.717) is 34.3 Å². The van der Waals surface area contributed by atoms with Crippen LogP contribution >= 0.6 is 11.6 Å². The van der Waals surface area contributed by atoms with Crippen molar-refractivity contribution in [1.82, 2.24) is 24.3 Å². The fourth-order valence-electron chi connectivity index (χ4n) is 4.41. The maximum atomic E-state index is 14.0. The molecule has 0 bridgehead atoms. The second-order valence-corrected chi connectivity index (χ2v) is 8.82. The molecule has 184 valence electrons. The molecule has 6 nitrogen and oxygen atoms in total. The molecule has 0 aliphatic carbocycles. The molecule has 2 aromatic carbocycles. The first kappa shape index (κ1) is 23.9. The molecule has 3 aromatic rings. The SMILES string of the molecule is CCC(c1cc(F)c(F)c(F)c1)n1cc(Cl)cc2c(-c3ccc(-n4cnc(C)c4)c(OC)c3)nnc1-2. The predicted octanol–water partition coefficient (Wildman–Crippen LogP) is 6.62. The normalized spacial score (nSPS) is 12.3. The lowest BCUT2D eigenvalue weighted by Crippen LogP contribution is -2.14. The molecule has 0 saturated heterocycles. The van der Waals surface area contributed by atoms with E-state index in [-0.39, 0.29) is 5.56 Å². The summed E-state index contributed by atoms with van der Waals surface area (Å²) in [6, 6.07) is 8.80. The summed E-state index contributed by atoms with van der Waals surface area (Å²) in [5.41, 5.74) is 3.91. The van der Waals surface area contributed by atoms with Gasteiger partial charge in [-0.3, -0.25) is 0 Å². The molecule has 0 fully saturated rings. The van der Waals surface area contributed by atoms with Crippen molar-refractivity contribution in [2.24, 2.45) is 0 Å². The molecule has 1 atom stereocenters. The van der Waals surface area contributed by atoms with Gasteiger partial charge in [0.15, 0.2) is 23.3 Å². The number of aryl methyl sites for hydroxylation is 1. The number of imidazole rings is 1. The number of rotatable bonds is 6. The summed E-state index contributed by atoms with van der Waals surface area (Å²) >= 11 is 6.46. The Morgan fingerprint density at radius 1 is 1.03 bits per heavy atom. The summed E-state index contributed by atoms with van der Waals surface area (Å²) in [5.74, 6) is -2.93. The molecule has 0 spiro atoms. The van der Waals surface area contributed by atoms with E-state index in [1.54, 1.807) is 30.3 Å². The minimum atomic E-state index is -1.51. The summed E-state index contributed by atoms with van der Waals surface area (Å²) in [5, 5.41) is 9.15. The first-order valence-electron chi connectivity index (χ1n) is 11.2. The molecule has 2 aliphatic rings. The van der Waals surface area contributed by atoms with Crippen molar-refractivity contribution >= 4 is 11.6 Å². The van der Waals surface area contributed by atoms with Crippen LogP contribution in [-0.2, 0) is 0 Å². The Morgan fingerprint density at radius 3 is 2.42 bits per heavy atom. The quantitative estimate of drug-likeness (QED) is 0.240. The molecule has 3 heterocycles. The van der Waals surface area contributed by atoms with Gasteiger partial charge in [-0.15, -0.1) is 10.2 Å². The molecular weight excluding hydrogens is 491 g/mol. The van der Waals surface area contributed by atoms with E-state index in [9.17, 15) is 13.2 Å². The van der Waals surface area contributed by atoms with Gasteiger partial charge in [-0.2, -0.15) is 0 Å². The van der Waals surface area contributed by atoms with Gasteiger partial charge in [-0.25, -0.2) is 18.2 Å². The van der Waals surface area contributed by atoms with Crippen LogP contribution in [0, 0.1) is 24.4 Å². The van der Waals surface area contributed by atoms with E-state index in [0.717, 1.165) is 29.1 Å². The third-order valence-corrected chi connectivity index (χ3v) is 6.29. The number of hydrogen-bond donors (Lipinski definition) is 0. The Kier molecular flexibility index (Phi) is 6.17. The second-order valence-electron chi connectivity index (χ2n) is 8.38. The Hall–Kier alpha value is -3.85. The van der Waals surface area contributed by atoms with Gasteiger partial charge in [0.1, 0.15) is 11.4 Å². The smallest absolute Gasteiger partial charge is 0.194 e. The van der Waals surface area contributed by atoms with E-state index >= 15 is 0 Å². The topological polar surface area (TPSA) is 57.8 Å². The number of ether oxygens (including phenoxy) is 1. The summed E-state index contributed by atoms with van der Waals surface area (Å²) in [6.07, 6.45) is 5.67. The number of fused-ring (bicyclic) bond motifs is 1. The van der Waals surface area contributed by atoms with Crippen molar-refractivity contribution in [3.8, 4) is 34.1 Å². The number of halogens is 4. The number of hydrogen-bond acceptors (Lipinski definition) is 4. The monoisotopic (exact) mass is 511 g/mol. The Balaban J connectivity index is 1.59. The number of pyridine rings is 1. The highest BCUT2D eigenvalue weighted by molar-refractivity contribution is 6.30. The zero-order chi connectivity index (χ0) is 25.6. The minimum Gasteiger partial charge on any atom is -0.495 e. The van der Waals surface area contributed by atoms with Crippen LogP contribution in [0.25, 0.3) is 28.3 Å². The lowest BCUT2D eigenvalue weighted by molar-refractivity contribution is 0.413. The zero-order valence-corrected chi connectivity index (χ0v) is 20.4. The average molecular weight is 512 g/mol. The summed E-state index contributed by atoms with van der Waals surface area (Å²) in [4.78, 5) is 4.27. The highest BCUT2D eigenvalue weighted by atomic mass is 35.5. The molecule has 36 heavy (non-hydrogen) atoms. The molecule has 0 N–H and O–H groups in total. The van der Waals surface area contributed by atoms with Crippen LogP contribution in [0.2, 0.25) is 5.02 Å². The maximum Gasteiger partial charge on any atom is 0.194 e. The van der Waals surface area contributed by atoms with Crippen LogP contribution in [-0.4, -0.2) is 31.4 Å². The van der Waals surface area contributed by atoms with Gasteiger partial charge in [0, 0.05) is 23.5 Å². The summed E-state index contributed by atoms with van der Waals surface area (Å²) in [7, 11) is 1.58. The summed E-state index contributed by atoms with van der Waals surface area (Å²) < 4.78 is 50.8. The van der Waals surface area contributed by atoms with E-state index in [4.69, 9.17) is 16.3 Å². The minimum absolute atomic E-state index is 0.258. The molecule has 1 unspecified atom stereocenters. The molecule has 10 heteroatoms. The average Bonchev–Trinajstić information content (AvgIpc) is 3.48. The number of aromatic nitrogens is 5. The van der Waals surface area contributed by atoms with Crippen molar-refractivity contribution in [1.29, 1.82) is 0 Å².